The molecule has 0 fully saturated rings. The van der Waals surface area contributed by atoms with Crippen molar-refractivity contribution in [2.75, 3.05) is 11.9 Å². The zero-order valence-corrected chi connectivity index (χ0v) is 11.2. The number of rotatable bonds is 5. The van der Waals surface area contributed by atoms with Crippen LogP contribution < -0.4 is 5.32 Å². The molecule has 0 aliphatic rings. The maximum atomic E-state index is 5.94. The summed E-state index contributed by atoms with van der Waals surface area (Å²) in [6.07, 6.45) is 5.01. The van der Waals surface area contributed by atoms with E-state index in [-0.39, 0.29) is 0 Å². The van der Waals surface area contributed by atoms with Gasteiger partial charge in [0.15, 0.2) is 0 Å². The van der Waals surface area contributed by atoms with Crippen LogP contribution in [0, 0.1) is 0 Å². The molecule has 3 nitrogen and oxygen atoms in total. The maximum Gasteiger partial charge on any atom is 0.148 e. The number of hydrogen-bond acceptors (Lipinski definition) is 3. The van der Waals surface area contributed by atoms with Gasteiger partial charge in [0.1, 0.15) is 17.2 Å². The van der Waals surface area contributed by atoms with E-state index in [0.717, 1.165) is 24.4 Å². The van der Waals surface area contributed by atoms with E-state index in [1.54, 1.807) is 6.20 Å². The Labute approximate surface area is 116 Å². The Balaban J connectivity index is 1.78. The van der Waals surface area contributed by atoms with Crippen molar-refractivity contribution in [1.82, 2.24) is 9.97 Å². The summed E-state index contributed by atoms with van der Waals surface area (Å²) in [6, 6.07) is 7.90. The van der Waals surface area contributed by atoms with E-state index in [1.165, 1.54) is 11.9 Å². The number of hydrogen-bond donors (Lipinski definition) is 1. The van der Waals surface area contributed by atoms with E-state index in [4.69, 9.17) is 23.2 Å². The highest BCUT2D eigenvalue weighted by atomic mass is 35.5. The summed E-state index contributed by atoms with van der Waals surface area (Å²) in [5.74, 6) is 0.678. The van der Waals surface area contributed by atoms with Gasteiger partial charge in [-0.15, -0.1) is 0 Å². The molecule has 0 saturated heterocycles. The Morgan fingerprint density at radius 1 is 1.22 bits per heavy atom. The highest BCUT2D eigenvalue weighted by Gasteiger charge is 2.00. The molecule has 0 saturated carbocycles. The summed E-state index contributed by atoms with van der Waals surface area (Å²) in [6.45, 7) is 0.809. The van der Waals surface area contributed by atoms with Gasteiger partial charge >= 0.3 is 0 Å². The van der Waals surface area contributed by atoms with Crippen LogP contribution in [-0.4, -0.2) is 16.5 Å². The fraction of sp³-hybridized carbons (Fsp3) is 0.231. The normalized spacial score (nSPS) is 10.3. The second-order valence-electron chi connectivity index (χ2n) is 3.88. The first-order chi connectivity index (χ1) is 8.75. The third kappa shape index (κ3) is 3.86. The van der Waals surface area contributed by atoms with Crippen LogP contribution in [0.4, 0.5) is 5.82 Å². The second-order valence-corrected chi connectivity index (χ2v) is 4.72. The van der Waals surface area contributed by atoms with Crippen LogP contribution in [0.5, 0.6) is 0 Å². The Bertz CT molecular complexity index is 517. The summed E-state index contributed by atoms with van der Waals surface area (Å²) in [5.41, 5.74) is 1.23. The summed E-state index contributed by atoms with van der Waals surface area (Å²) < 4.78 is 0. The topological polar surface area (TPSA) is 37.8 Å². The Hall–Kier alpha value is -1.32. The first-order valence-corrected chi connectivity index (χ1v) is 6.45. The van der Waals surface area contributed by atoms with Gasteiger partial charge in [-0.05, 0) is 30.5 Å². The molecule has 0 bridgehead atoms. The average Bonchev–Trinajstić information content (AvgIpc) is 2.37. The van der Waals surface area contributed by atoms with E-state index in [1.807, 2.05) is 18.2 Å². The van der Waals surface area contributed by atoms with Crippen LogP contribution in [-0.2, 0) is 6.42 Å². The lowest BCUT2D eigenvalue weighted by molar-refractivity contribution is 0.858. The smallest absolute Gasteiger partial charge is 0.148 e. The van der Waals surface area contributed by atoms with Crippen LogP contribution in [0.1, 0.15) is 12.0 Å². The lowest BCUT2D eigenvalue weighted by Crippen LogP contribution is -2.05. The van der Waals surface area contributed by atoms with Crippen molar-refractivity contribution in [2.24, 2.45) is 0 Å². The van der Waals surface area contributed by atoms with Gasteiger partial charge < -0.3 is 5.32 Å². The molecule has 5 heteroatoms. The van der Waals surface area contributed by atoms with Crippen molar-refractivity contribution < 1.29 is 0 Å². The minimum Gasteiger partial charge on any atom is -0.369 e. The minimum absolute atomic E-state index is 0.542. The van der Waals surface area contributed by atoms with Gasteiger partial charge in [0, 0.05) is 11.6 Å². The molecule has 0 aliphatic heterocycles. The molecule has 94 valence electrons. The van der Waals surface area contributed by atoms with Crippen molar-refractivity contribution in [2.45, 2.75) is 12.8 Å². The fourth-order valence-corrected chi connectivity index (χ4v) is 2.02. The molecule has 2 rings (SSSR count). The maximum absolute atomic E-state index is 5.94. The molecule has 2 aromatic rings. The molecular weight excluding hydrogens is 269 g/mol. The van der Waals surface area contributed by atoms with Gasteiger partial charge in [-0.1, -0.05) is 35.3 Å². The van der Waals surface area contributed by atoms with Crippen molar-refractivity contribution in [3.05, 3.63) is 52.4 Å². The van der Waals surface area contributed by atoms with Crippen molar-refractivity contribution in [3.63, 3.8) is 0 Å². The summed E-state index contributed by atoms with van der Waals surface area (Å²) in [4.78, 5) is 7.89. The van der Waals surface area contributed by atoms with Gasteiger partial charge in [0.25, 0.3) is 0 Å². The minimum atomic E-state index is 0.542. The van der Waals surface area contributed by atoms with E-state index in [9.17, 15) is 0 Å². The summed E-state index contributed by atoms with van der Waals surface area (Å²) in [7, 11) is 0. The number of nitrogens with zero attached hydrogens (tertiary/aromatic N) is 2. The fourth-order valence-electron chi connectivity index (χ4n) is 1.63. The molecule has 0 aliphatic carbocycles. The average molecular weight is 282 g/mol. The molecule has 0 radical (unpaired) electrons. The molecular formula is C13H13Cl2N3. The van der Waals surface area contributed by atoms with Crippen molar-refractivity contribution in [3.8, 4) is 0 Å². The molecule has 1 heterocycles. The van der Waals surface area contributed by atoms with Crippen LogP contribution in [0.2, 0.25) is 10.0 Å². The Kier molecular flexibility index (Phi) is 4.79. The highest BCUT2D eigenvalue weighted by molar-refractivity contribution is 6.32. The molecule has 0 unspecified atom stereocenters. The van der Waals surface area contributed by atoms with Gasteiger partial charge in [-0.2, -0.15) is 0 Å². The molecule has 1 N–H and O–H groups in total. The van der Waals surface area contributed by atoms with E-state index < -0.39 is 0 Å². The predicted octanol–water partition coefficient (Wildman–Crippen LogP) is 3.83. The van der Waals surface area contributed by atoms with Crippen molar-refractivity contribution >= 4 is 29.0 Å². The van der Waals surface area contributed by atoms with Gasteiger partial charge in [0.05, 0.1) is 6.20 Å². The van der Waals surface area contributed by atoms with Crippen LogP contribution >= 0.6 is 23.2 Å². The van der Waals surface area contributed by atoms with E-state index in [2.05, 4.69) is 21.4 Å². The lowest BCUT2D eigenvalue weighted by atomic mass is 10.1. The van der Waals surface area contributed by atoms with Gasteiger partial charge in [0.2, 0.25) is 0 Å². The van der Waals surface area contributed by atoms with Crippen LogP contribution in [0.3, 0.4) is 0 Å². The van der Waals surface area contributed by atoms with Crippen LogP contribution in [0.15, 0.2) is 36.8 Å². The number of nitrogens with one attached hydrogen (secondary N) is 1. The number of anilines is 1. The largest absolute Gasteiger partial charge is 0.369 e. The van der Waals surface area contributed by atoms with Gasteiger partial charge in [-0.25, -0.2) is 9.97 Å². The highest BCUT2D eigenvalue weighted by Crippen LogP contribution is 2.16. The second kappa shape index (κ2) is 6.57. The third-order valence-corrected chi connectivity index (χ3v) is 3.00. The standard InChI is InChI=1S/C13H13Cl2N3/c14-11-5-1-3-10(7-11)4-2-6-17-13-12(15)8-16-9-18-13/h1,3,5,7-9H,2,4,6H2,(H,16,17,18). The molecule has 18 heavy (non-hydrogen) atoms. The zero-order chi connectivity index (χ0) is 12.8. The van der Waals surface area contributed by atoms with Crippen molar-refractivity contribution in [1.29, 1.82) is 0 Å². The molecule has 1 aromatic carbocycles. The number of aromatic nitrogens is 2. The number of aryl methyl sites for hydroxylation is 1. The zero-order valence-electron chi connectivity index (χ0n) is 9.74. The summed E-state index contributed by atoms with van der Waals surface area (Å²) >= 11 is 11.9. The number of benzene rings is 1. The first-order valence-electron chi connectivity index (χ1n) is 5.69. The summed E-state index contributed by atoms with van der Waals surface area (Å²) in [5, 5.41) is 4.50. The van der Waals surface area contributed by atoms with Gasteiger partial charge in [-0.3, -0.25) is 0 Å². The van der Waals surface area contributed by atoms with E-state index in [0.29, 0.717) is 10.8 Å². The molecule has 1 aromatic heterocycles. The lowest BCUT2D eigenvalue weighted by Gasteiger charge is -2.06. The molecule has 0 spiro atoms. The molecule has 0 amide bonds. The monoisotopic (exact) mass is 281 g/mol. The predicted molar refractivity (Wildman–Crippen MR) is 75.3 cm³/mol. The SMILES string of the molecule is Clc1cccc(CCCNc2ncncc2Cl)c1. The van der Waals surface area contributed by atoms with E-state index >= 15 is 0 Å². The third-order valence-electron chi connectivity index (χ3n) is 2.49. The molecule has 0 atom stereocenters. The van der Waals surface area contributed by atoms with Crippen LogP contribution in [0.25, 0.3) is 0 Å². The number of halogens is 2. The quantitative estimate of drug-likeness (QED) is 0.847. The first kappa shape index (κ1) is 13.1. The Morgan fingerprint density at radius 3 is 2.89 bits per heavy atom. The Morgan fingerprint density at radius 2 is 2.11 bits per heavy atom.